The fourth-order valence-electron chi connectivity index (χ4n) is 1.92. The molecule has 0 aliphatic rings. The highest BCUT2D eigenvalue weighted by Crippen LogP contribution is 2.20. The van der Waals surface area contributed by atoms with Crippen molar-refractivity contribution in [3.05, 3.63) is 24.8 Å². The Balaban J connectivity index is 0. The molecule has 0 rings (SSSR count). The Kier molecular flexibility index (Phi) is 14.7. The van der Waals surface area contributed by atoms with Crippen LogP contribution in [0.2, 0.25) is 0 Å². The van der Waals surface area contributed by atoms with Crippen LogP contribution in [-0.2, 0) is 0 Å². The second-order valence-corrected chi connectivity index (χ2v) is 7.50. The molecular formula is C20H40. The van der Waals surface area contributed by atoms with E-state index < -0.39 is 0 Å². The highest BCUT2D eigenvalue weighted by Gasteiger charge is 2.10. The minimum Gasteiger partial charge on any atom is -0.103 e. The molecule has 0 saturated carbocycles. The summed E-state index contributed by atoms with van der Waals surface area (Å²) in [7, 11) is 0. The van der Waals surface area contributed by atoms with E-state index in [-0.39, 0.29) is 0 Å². The topological polar surface area (TPSA) is 0 Å². The van der Waals surface area contributed by atoms with E-state index in [4.69, 9.17) is 0 Å². The van der Waals surface area contributed by atoms with Crippen LogP contribution < -0.4 is 0 Å². The minimum absolute atomic E-state index is 0.708. The summed E-state index contributed by atoms with van der Waals surface area (Å²) in [6, 6.07) is 0. The summed E-state index contributed by atoms with van der Waals surface area (Å²) in [6.45, 7) is 21.9. The van der Waals surface area contributed by atoms with Crippen LogP contribution in [0.5, 0.6) is 0 Å². The van der Waals surface area contributed by atoms with Crippen LogP contribution in [-0.4, -0.2) is 0 Å². The fraction of sp³-hybridized carbons (Fsp3) is 0.800. The Morgan fingerprint density at radius 1 is 0.700 bits per heavy atom. The predicted molar refractivity (Wildman–Crippen MR) is 96.0 cm³/mol. The van der Waals surface area contributed by atoms with Crippen molar-refractivity contribution in [3.63, 3.8) is 0 Å². The minimum atomic E-state index is 0.708. The molecule has 0 saturated heterocycles. The van der Waals surface area contributed by atoms with Gasteiger partial charge in [-0.2, -0.15) is 0 Å². The van der Waals surface area contributed by atoms with Gasteiger partial charge in [0, 0.05) is 0 Å². The van der Waals surface area contributed by atoms with Crippen molar-refractivity contribution in [1.29, 1.82) is 0 Å². The van der Waals surface area contributed by atoms with E-state index >= 15 is 0 Å². The lowest BCUT2D eigenvalue weighted by Crippen LogP contribution is -2.08. The van der Waals surface area contributed by atoms with Crippen LogP contribution in [0, 0.1) is 29.6 Å². The molecule has 1 atom stereocenters. The molecule has 0 fully saturated rings. The quantitative estimate of drug-likeness (QED) is 0.415. The van der Waals surface area contributed by atoms with Gasteiger partial charge in [-0.25, -0.2) is 0 Å². The largest absolute Gasteiger partial charge is 0.103 e. The third-order valence-corrected chi connectivity index (χ3v) is 3.28. The molecule has 0 aromatic carbocycles. The van der Waals surface area contributed by atoms with Gasteiger partial charge in [-0.1, -0.05) is 73.6 Å². The van der Waals surface area contributed by atoms with E-state index in [9.17, 15) is 0 Å². The zero-order chi connectivity index (χ0) is 16.1. The van der Waals surface area contributed by atoms with Gasteiger partial charge >= 0.3 is 0 Å². The third-order valence-electron chi connectivity index (χ3n) is 3.28. The van der Waals surface area contributed by atoms with E-state index in [1.54, 1.807) is 0 Å². The Morgan fingerprint density at radius 2 is 1.10 bits per heavy atom. The molecule has 0 spiro atoms. The Labute approximate surface area is 129 Å². The van der Waals surface area contributed by atoms with Crippen molar-refractivity contribution < 1.29 is 0 Å². The SMILES string of the molecule is C=CC(CC(C)C)C(C)C.CC(C)CC=CCC(C)C. The highest BCUT2D eigenvalue weighted by atomic mass is 14.1. The molecular weight excluding hydrogens is 240 g/mol. The van der Waals surface area contributed by atoms with Crippen LogP contribution in [0.3, 0.4) is 0 Å². The molecule has 0 aromatic rings. The number of hydrogen-bond donors (Lipinski definition) is 0. The van der Waals surface area contributed by atoms with Gasteiger partial charge in [0.2, 0.25) is 0 Å². The maximum atomic E-state index is 3.84. The summed E-state index contributed by atoms with van der Waals surface area (Å²) in [4.78, 5) is 0. The molecule has 0 radical (unpaired) electrons. The number of allylic oxidation sites excluding steroid dienone is 3. The van der Waals surface area contributed by atoms with Crippen LogP contribution in [0.4, 0.5) is 0 Å². The first-order valence-electron chi connectivity index (χ1n) is 8.48. The van der Waals surface area contributed by atoms with Gasteiger partial charge in [-0.05, 0) is 48.9 Å². The van der Waals surface area contributed by atoms with Gasteiger partial charge in [-0.3, -0.25) is 0 Å². The highest BCUT2D eigenvalue weighted by molar-refractivity contribution is 4.83. The van der Waals surface area contributed by atoms with E-state index in [1.165, 1.54) is 19.3 Å². The van der Waals surface area contributed by atoms with Gasteiger partial charge in [0.05, 0.1) is 0 Å². The molecule has 20 heavy (non-hydrogen) atoms. The maximum absolute atomic E-state index is 3.84. The first-order chi connectivity index (χ1) is 9.20. The Hall–Kier alpha value is -0.520. The van der Waals surface area contributed by atoms with E-state index in [2.05, 4.69) is 80.2 Å². The Bertz CT molecular complexity index is 218. The first-order valence-corrected chi connectivity index (χ1v) is 8.48. The van der Waals surface area contributed by atoms with Gasteiger partial charge < -0.3 is 0 Å². The average Bonchev–Trinajstić information content (AvgIpc) is 2.31. The van der Waals surface area contributed by atoms with Crippen molar-refractivity contribution in [3.8, 4) is 0 Å². The van der Waals surface area contributed by atoms with Crippen LogP contribution in [0.1, 0.15) is 74.7 Å². The lowest BCUT2D eigenvalue weighted by molar-refractivity contribution is 0.381. The molecule has 0 heteroatoms. The standard InChI is InChI=1S/2C10H20/c1-9(2)7-5-6-8-10(3)4;1-6-10(9(4)5)7-8(2)3/h5-6,9-10H,7-8H2,1-4H3;6,8-10H,1,7H2,2-5H3. The van der Waals surface area contributed by atoms with Gasteiger partial charge in [0.15, 0.2) is 0 Å². The number of rotatable bonds is 8. The van der Waals surface area contributed by atoms with Crippen molar-refractivity contribution in [1.82, 2.24) is 0 Å². The molecule has 120 valence electrons. The normalized spacial score (nSPS) is 13.2. The Morgan fingerprint density at radius 3 is 1.25 bits per heavy atom. The summed E-state index contributed by atoms with van der Waals surface area (Å²) in [6.07, 6.45) is 10.4. The zero-order valence-electron chi connectivity index (χ0n) is 15.4. The zero-order valence-corrected chi connectivity index (χ0v) is 15.4. The van der Waals surface area contributed by atoms with Gasteiger partial charge in [0.1, 0.15) is 0 Å². The molecule has 0 aliphatic carbocycles. The van der Waals surface area contributed by atoms with Crippen molar-refractivity contribution >= 4 is 0 Å². The molecule has 0 aliphatic heterocycles. The molecule has 0 heterocycles. The maximum Gasteiger partial charge on any atom is -0.0211 e. The summed E-state index contributed by atoms with van der Waals surface area (Å²) in [5, 5.41) is 0. The van der Waals surface area contributed by atoms with Crippen LogP contribution in [0.25, 0.3) is 0 Å². The molecule has 0 N–H and O–H groups in total. The van der Waals surface area contributed by atoms with Crippen LogP contribution >= 0.6 is 0 Å². The molecule has 0 aromatic heterocycles. The summed E-state index contributed by atoms with van der Waals surface area (Å²) >= 11 is 0. The van der Waals surface area contributed by atoms with Crippen LogP contribution in [0.15, 0.2) is 24.8 Å². The van der Waals surface area contributed by atoms with E-state index in [0.717, 1.165) is 23.7 Å². The van der Waals surface area contributed by atoms with E-state index in [1.807, 2.05) is 0 Å². The van der Waals surface area contributed by atoms with Crippen molar-refractivity contribution in [2.45, 2.75) is 74.7 Å². The predicted octanol–water partition coefficient (Wildman–Crippen LogP) is 7.13. The van der Waals surface area contributed by atoms with Crippen molar-refractivity contribution in [2.75, 3.05) is 0 Å². The first kappa shape index (κ1) is 21.8. The monoisotopic (exact) mass is 280 g/mol. The summed E-state index contributed by atoms with van der Waals surface area (Å²) < 4.78 is 0. The third kappa shape index (κ3) is 17.5. The molecule has 1 unspecified atom stereocenters. The van der Waals surface area contributed by atoms with Crippen molar-refractivity contribution in [2.24, 2.45) is 29.6 Å². The van der Waals surface area contributed by atoms with E-state index in [0.29, 0.717) is 5.92 Å². The average molecular weight is 281 g/mol. The second kappa shape index (κ2) is 13.5. The number of hydrogen-bond acceptors (Lipinski definition) is 0. The summed E-state index contributed by atoms with van der Waals surface area (Å²) in [5.41, 5.74) is 0. The van der Waals surface area contributed by atoms with Gasteiger partial charge in [-0.15, -0.1) is 6.58 Å². The fourth-order valence-corrected chi connectivity index (χ4v) is 1.92. The lowest BCUT2D eigenvalue weighted by Gasteiger charge is -2.18. The second-order valence-electron chi connectivity index (χ2n) is 7.50. The molecule has 0 nitrogen and oxygen atoms in total. The smallest absolute Gasteiger partial charge is 0.0211 e. The lowest BCUT2D eigenvalue weighted by atomic mass is 9.88. The molecule has 0 bridgehead atoms. The van der Waals surface area contributed by atoms with Gasteiger partial charge in [0.25, 0.3) is 0 Å². The molecule has 0 amide bonds. The summed E-state index contributed by atoms with van der Waals surface area (Å²) in [5.74, 6) is 3.87.